The highest BCUT2D eigenvalue weighted by molar-refractivity contribution is 6.04. The van der Waals surface area contributed by atoms with Crippen LogP contribution >= 0.6 is 0 Å². The highest BCUT2D eigenvalue weighted by Gasteiger charge is 2.25. The molecule has 0 bridgehead atoms. The van der Waals surface area contributed by atoms with E-state index in [1.54, 1.807) is 6.08 Å². The molecule has 2 atom stereocenters. The molecule has 0 radical (unpaired) electrons. The first-order valence-electron chi connectivity index (χ1n) is 10.4. The Balaban J connectivity index is 2.12. The molecule has 1 aromatic carbocycles. The monoisotopic (exact) mass is 399 g/mol. The van der Waals surface area contributed by atoms with Gasteiger partial charge in [0.2, 0.25) is 0 Å². The lowest BCUT2D eigenvalue weighted by atomic mass is 9.81. The summed E-state index contributed by atoms with van der Waals surface area (Å²) in [4.78, 5) is 19.4. The summed E-state index contributed by atoms with van der Waals surface area (Å²) in [5.74, 6) is 1.01. The lowest BCUT2D eigenvalue weighted by molar-refractivity contribution is 0.239. The summed E-state index contributed by atoms with van der Waals surface area (Å²) in [6, 6.07) is 8.12. The minimum Gasteiger partial charge on any atom is -0.401 e. The fraction of sp³-hybridized carbons (Fsp3) is 0.565. The Hall–Kier alpha value is -2.34. The molecule has 0 fully saturated rings. The van der Waals surface area contributed by atoms with Gasteiger partial charge in [-0.25, -0.2) is 4.79 Å². The fourth-order valence-electron chi connectivity index (χ4n) is 3.32. The standard InChI is InChI=1S/C23H37N5O/c1-16-11-12-19(18-10-8-7-9-17(16)18)26-22(29)27-21(25-13-14-28(5)6)15-20(24)23(2,3)4/h7-10,15-16,19H,11-14,24H2,1-6H3,(H2,25,26,27,29). The van der Waals surface area contributed by atoms with Crippen LogP contribution in [-0.4, -0.2) is 44.0 Å². The van der Waals surface area contributed by atoms with Crippen LogP contribution in [0.15, 0.2) is 41.0 Å². The van der Waals surface area contributed by atoms with Crippen LogP contribution in [0.1, 0.15) is 63.6 Å². The van der Waals surface area contributed by atoms with Gasteiger partial charge in [0.15, 0.2) is 0 Å². The molecule has 0 aliphatic heterocycles. The van der Waals surface area contributed by atoms with Gasteiger partial charge in [0.1, 0.15) is 5.84 Å². The van der Waals surface area contributed by atoms with E-state index >= 15 is 0 Å². The van der Waals surface area contributed by atoms with E-state index in [-0.39, 0.29) is 17.5 Å². The summed E-state index contributed by atoms with van der Waals surface area (Å²) < 4.78 is 0. The molecule has 1 aliphatic rings. The maximum absolute atomic E-state index is 12.8. The molecule has 0 saturated heterocycles. The maximum atomic E-state index is 12.8. The predicted molar refractivity (Wildman–Crippen MR) is 121 cm³/mol. The van der Waals surface area contributed by atoms with Crippen molar-refractivity contribution in [1.82, 2.24) is 15.5 Å². The van der Waals surface area contributed by atoms with Gasteiger partial charge in [0, 0.05) is 17.7 Å². The molecule has 29 heavy (non-hydrogen) atoms. The Morgan fingerprint density at radius 3 is 2.52 bits per heavy atom. The number of benzene rings is 1. The minimum absolute atomic E-state index is 0.00867. The van der Waals surface area contributed by atoms with E-state index in [9.17, 15) is 4.79 Å². The van der Waals surface area contributed by atoms with Gasteiger partial charge < -0.3 is 16.0 Å². The van der Waals surface area contributed by atoms with Gasteiger partial charge in [-0.15, -0.1) is 0 Å². The quantitative estimate of drug-likeness (QED) is 0.521. The zero-order valence-corrected chi connectivity index (χ0v) is 18.7. The topological polar surface area (TPSA) is 82.8 Å². The zero-order chi connectivity index (χ0) is 21.6. The number of rotatable bonds is 5. The first-order chi connectivity index (χ1) is 13.6. The van der Waals surface area contributed by atoms with Crippen molar-refractivity contribution in [3.63, 3.8) is 0 Å². The number of aliphatic imine (C=N–C) groups is 1. The van der Waals surface area contributed by atoms with Crippen LogP contribution in [0.2, 0.25) is 0 Å². The minimum atomic E-state index is -0.249. The van der Waals surface area contributed by atoms with Crippen LogP contribution < -0.4 is 16.4 Å². The van der Waals surface area contributed by atoms with Crippen LogP contribution in [0.3, 0.4) is 0 Å². The molecule has 2 unspecified atom stereocenters. The van der Waals surface area contributed by atoms with Crippen LogP contribution in [-0.2, 0) is 0 Å². The summed E-state index contributed by atoms with van der Waals surface area (Å²) in [6.45, 7) is 9.73. The molecule has 4 N–H and O–H groups in total. The molecule has 0 aromatic heterocycles. The normalized spacial score (nSPS) is 20.4. The largest absolute Gasteiger partial charge is 0.401 e. The van der Waals surface area contributed by atoms with E-state index in [1.807, 2.05) is 40.9 Å². The number of nitrogens with one attached hydrogen (secondary N) is 2. The Kier molecular flexibility index (Phi) is 7.85. The van der Waals surface area contributed by atoms with Gasteiger partial charge in [-0.3, -0.25) is 10.3 Å². The fourth-order valence-corrected chi connectivity index (χ4v) is 3.32. The number of carbonyl (C=O) groups is 1. The van der Waals surface area contributed by atoms with Crippen LogP contribution in [0, 0.1) is 5.41 Å². The molecule has 160 valence electrons. The number of amidine groups is 1. The lowest BCUT2D eigenvalue weighted by Gasteiger charge is -2.30. The van der Waals surface area contributed by atoms with E-state index < -0.39 is 0 Å². The second-order valence-electron chi connectivity index (χ2n) is 9.18. The summed E-state index contributed by atoms with van der Waals surface area (Å²) >= 11 is 0. The smallest absolute Gasteiger partial charge is 0.320 e. The van der Waals surface area contributed by atoms with Crippen molar-refractivity contribution in [3.8, 4) is 0 Å². The molecule has 0 saturated carbocycles. The summed E-state index contributed by atoms with van der Waals surface area (Å²) in [5.41, 5.74) is 9.23. The second kappa shape index (κ2) is 9.92. The highest BCUT2D eigenvalue weighted by atomic mass is 16.2. The van der Waals surface area contributed by atoms with E-state index in [4.69, 9.17) is 5.73 Å². The Morgan fingerprint density at radius 2 is 1.90 bits per heavy atom. The van der Waals surface area contributed by atoms with Gasteiger partial charge in [0.05, 0.1) is 12.6 Å². The number of amides is 2. The molecular weight excluding hydrogens is 362 g/mol. The van der Waals surface area contributed by atoms with Crippen molar-refractivity contribution >= 4 is 11.9 Å². The molecule has 0 heterocycles. The van der Waals surface area contributed by atoms with Crippen molar-refractivity contribution in [3.05, 3.63) is 47.2 Å². The van der Waals surface area contributed by atoms with Crippen molar-refractivity contribution < 1.29 is 4.79 Å². The third kappa shape index (κ3) is 6.89. The van der Waals surface area contributed by atoms with Gasteiger partial charge in [0.25, 0.3) is 0 Å². The number of carbonyl (C=O) groups excluding carboxylic acids is 1. The SMILES string of the molecule is CC1CCC(NC(=O)NC(C=C(N)C(C)(C)C)=NCCN(C)C)c2ccccc21. The van der Waals surface area contributed by atoms with Crippen LogP contribution in [0.5, 0.6) is 0 Å². The molecule has 1 aliphatic carbocycles. The summed E-state index contributed by atoms with van der Waals surface area (Å²) in [5, 5.41) is 6.03. The third-order valence-corrected chi connectivity index (χ3v) is 5.33. The average molecular weight is 400 g/mol. The number of hydrogen-bond acceptors (Lipinski definition) is 4. The zero-order valence-electron chi connectivity index (χ0n) is 18.7. The number of allylic oxidation sites excluding steroid dienone is 1. The van der Waals surface area contributed by atoms with E-state index in [1.165, 1.54) is 11.1 Å². The number of likely N-dealkylation sites (N-methyl/N-ethyl adjacent to an activating group) is 1. The Bertz CT molecular complexity index is 761. The molecule has 2 rings (SSSR count). The van der Waals surface area contributed by atoms with E-state index in [0.717, 1.165) is 19.4 Å². The second-order valence-corrected chi connectivity index (χ2v) is 9.18. The number of nitrogens with zero attached hydrogens (tertiary/aromatic N) is 2. The van der Waals surface area contributed by atoms with Crippen LogP contribution in [0.25, 0.3) is 0 Å². The first kappa shape index (κ1) is 22.9. The van der Waals surface area contributed by atoms with Crippen molar-refractivity contribution in [2.75, 3.05) is 27.2 Å². The first-order valence-corrected chi connectivity index (χ1v) is 10.4. The van der Waals surface area contributed by atoms with E-state index in [2.05, 4.69) is 45.6 Å². The molecule has 6 nitrogen and oxygen atoms in total. The summed E-state index contributed by atoms with van der Waals surface area (Å²) in [6.07, 6.45) is 3.76. The number of hydrogen-bond donors (Lipinski definition) is 3. The number of urea groups is 1. The highest BCUT2D eigenvalue weighted by Crippen LogP contribution is 2.36. The van der Waals surface area contributed by atoms with Gasteiger partial charge >= 0.3 is 6.03 Å². The van der Waals surface area contributed by atoms with Crippen molar-refractivity contribution in [1.29, 1.82) is 0 Å². The Labute approximate surface area is 175 Å². The predicted octanol–water partition coefficient (Wildman–Crippen LogP) is 3.77. The molecular formula is C23H37N5O. The van der Waals surface area contributed by atoms with Gasteiger partial charge in [-0.05, 0) is 50.1 Å². The average Bonchev–Trinajstić information content (AvgIpc) is 2.63. The lowest BCUT2D eigenvalue weighted by Crippen LogP contribution is -2.42. The molecule has 1 aromatic rings. The van der Waals surface area contributed by atoms with Crippen LogP contribution in [0.4, 0.5) is 4.79 Å². The molecule has 0 spiro atoms. The van der Waals surface area contributed by atoms with Crippen molar-refractivity contribution in [2.45, 2.75) is 52.5 Å². The number of nitrogens with two attached hydrogens (primary N) is 1. The van der Waals surface area contributed by atoms with Crippen molar-refractivity contribution in [2.24, 2.45) is 16.1 Å². The third-order valence-electron chi connectivity index (χ3n) is 5.33. The van der Waals surface area contributed by atoms with Gasteiger partial charge in [-0.1, -0.05) is 52.0 Å². The van der Waals surface area contributed by atoms with Gasteiger partial charge in [-0.2, -0.15) is 0 Å². The maximum Gasteiger partial charge on any atom is 0.320 e. The summed E-state index contributed by atoms with van der Waals surface area (Å²) in [7, 11) is 3.99. The Morgan fingerprint density at radius 1 is 1.24 bits per heavy atom. The molecule has 6 heteroatoms. The molecule has 2 amide bonds. The number of fused-ring (bicyclic) bond motifs is 1. The van der Waals surface area contributed by atoms with E-state index in [0.29, 0.717) is 24.0 Å².